The van der Waals surface area contributed by atoms with Gasteiger partial charge in [-0.3, -0.25) is 4.79 Å². The van der Waals surface area contributed by atoms with Crippen molar-refractivity contribution < 1.29 is 14.7 Å². The van der Waals surface area contributed by atoms with Crippen molar-refractivity contribution in [3.63, 3.8) is 0 Å². The largest absolute Gasteiger partial charge is 0.480 e. The first-order valence-electron chi connectivity index (χ1n) is 9.21. The van der Waals surface area contributed by atoms with Gasteiger partial charge in [0.15, 0.2) is 0 Å². The molecule has 4 aromatic rings. The van der Waals surface area contributed by atoms with E-state index in [2.05, 4.69) is 27.3 Å². The molecule has 1 atom stereocenters. The topological polar surface area (TPSA) is 66.4 Å². The Bertz CT molecular complexity index is 1180. The fourth-order valence-electron chi connectivity index (χ4n) is 3.60. The number of nitrogens with one attached hydrogen (secondary N) is 1. The molecule has 29 heavy (non-hydrogen) atoms. The molecule has 0 radical (unpaired) electrons. The fraction of sp³-hybridized carbons (Fsp3) is 0.0833. The number of carboxylic acid groups (broad SMARTS) is 1. The van der Waals surface area contributed by atoms with E-state index in [0.717, 1.165) is 31.6 Å². The Balaban J connectivity index is 1.74. The second kappa shape index (κ2) is 8.05. The maximum atomic E-state index is 12.6. The van der Waals surface area contributed by atoms with E-state index in [1.807, 2.05) is 54.6 Å². The molecule has 2 N–H and O–H groups in total. The molecule has 4 aromatic carbocycles. The van der Waals surface area contributed by atoms with Crippen molar-refractivity contribution in [2.75, 3.05) is 0 Å². The van der Waals surface area contributed by atoms with E-state index in [-0.39, 0.29) is 6.42 Å². The van der Waals surface area contributed by atoms with Gasteiger partial charge < -0.3 is 10.4 Å². The number of amides is 1. The first-order chi connectivity index (χ1) is 14.0. The number of carboxylic acids is 1. The summed E-state index contributed by atoms with van der Waals surface area (Å²) in [4.78, 5) is 24.6. The van der Waals surface area contributed by atoms with E-state index in [0.29, 0.717) is 5.56 Å². The van der Waals surface area contributed by atoms with Crippen molar-refractivity contribution in [2.24, 2.45) is 0 Å². The number of fused-ring (bicyclic) bond motifs is 2. The van der Waals surface area contributed by atoms with Gasteiger partial charge in [-0.1, -0.05) is 70.5 Å². The average Bonchev–Trinajstić information content (AvgIpc) is 2.72. The van der Waals surface area contributed by atoms with E-state index in [9.17, 15) is 14.7 Å². The lowest BCUT2D eigenvalue weighted by molar-refractivity contribution is -0.139. The number of carbonyl (C=O) groups is 2. The van der Waals surface area contributed by atoms with Crippen LogP contribution in [0.1, 0.15) is 15.9 Å². The van der Waals surface area contributed by atoms with Crippen molar-refractivity contribution >= 4 is 49.4 Å². The molecule has 0 aliphatic heterocycles. The van der Waals surface area contributed by atoms with E-state index in [1.165, 1.54) is 0 Å². The zero-order valence-corrected chi connectivity index (χ0v) is 17.0. The normalized spacial score (nSPS) is 12.0. The van der Waals surface area contributed by atoms with Crippen molar-refractivity contribution in [1.82, 2.24) is 5.32 Å². The molecule has 1 amide bonds. The summed E-state index contributed by atoms with van der Waals surface area (Å²) in [7, 11) is 0. The average molecular weight is 448 g/mol. The zero-order chi connectivity index (χ0) is 20.4. The quantitative estimate of drug-likeness (QED) is 0.414. The molecule has 0 bridgehead atoms. The third kappa shape index (κ3) is 4.00. The van der Waals surface area contributed by atoms with E-state index in [1.54, 1.807) is 18.2 Å². The number of rotatable bonds is 5. The molecule has 0 spiro atoms. The van der Waals surface area contributed by atoms with Gasteiger partial charge in [0.25, 0.3) is 5.91 Å². The molecule has 0 aliphatic rings. The van der Waals surface area contributed by atoms with E-state index < -0.39 is 17.9 Å². The standard InChI is InChI=1S/C24H18BrNO3/c25-18-9-5-8-17(13-18)23(27)26-22(24(28)29)14-21-19-10-3-1-6-15(19)12-16-7-2-4-11-20(16)21/h1-13,22H,14H2,(H,26,27)(H,28,29)/t22-/m1/s1. The fourth-order valence-corrected chi connectivity index (χ4v) is 4.00. The summed E-state index contributed by atoms with van der Waals surface area (Å²) in [5.41, 5.74) is 1.33. The van der Waals surface area contributed by atoms with Gasteiger partial charge in [-0.2, -0.15) is 0 Å². The number of hydrogen-bond donors (Lipinski definition) is 2. The second-order valence-electron chi connectivity index (χ2n) is 6.88. The van der Waals surface area contributed by atoms with Crippen LogP contribution in [0.2, 0.25) is 0 Å². The van der Waals surface area contributed by atoms with Crippen molar-refractivity contribution in [3.8, 4) is 0 Å². The lowest BCUT2D eigenvalue weighted by Gasteiger charge is -2.18. The monoisotopic (exact) mass is 447 g/mol. The molecule has 5 heteroatoms. The zero-order valence-electron chi connectivity index (χ0n) is 15.4. The van der Waals surface area contributed by atoms with Gasteiger partial charge in [0, 0.05) is 16.5 Å². The van der Waals surface area contributed by atoms with Gasteiger partial charge in [0.2, 0.25) is 0 Å². The third-order valence-corrected chi connectivity index (χ3v) is 5.47. The van der Waals surface area contributed by atoms with Gasteiger partial charge in [-0.15, -0.1) is 0 Å². The number of hydrogen-bond acceptors (Lipinski definition) is 2. The summed E-state index contributed by atoms with van der Waals surface area (Å²) < 4.78 is 0.761. The van der Waals surface area contributed by atoms with Crippen molar-refractivity contribution in [3.05, 3.63) is 94.5 Å². The summed E-state index contributed by atoms with van der Waals surface area (Å²) in [5.74, 6) is -1.48. The first-order valence-corrected chi connectivity index (χ1v) is 10.0. The lowest BCUT2D eigenvalue weighted by Crippen LogP contribution is -2.42. The number of halogens is 1. The molecule has 4 rings (SSSR count). The highest BCUT2D eigenvalue weighted by atomic mass is 79.9. The third-order valence-electron chi connectivity index (χ3n) is 4.98. The predicted octanol–water partition coefficient (Wildman–Crippen LogP) is 5.18. The van der Waals surface area contributed by atoms with Crippen LogP contribution in [0.25, 0.3) is 21.5 Å². The van der Waals surface area contributed by atoms with Crippen LogP contribution in [0.15, 0.2) is 83.3 Å². The molecular weight excluding hydrogens is 430 g/mol. The van der Waals surface area contributed by atoms with Crippen LogP contribution in [0.4, 0.5) is 0 Å². The van der Waals surface area contributed by atoms with Crippen molar-refractivity contribution in [1.29, 1.82) is 0 Å². The summed E-state index contributed by atoms with van der Waals surface area (Å²) in [6, 6.07) is 23.8. The maximum absolute atomic E-state index is 12.6. The van der Waals surface area contributed by atoms with Crippen LogP contribution in [0, 0.1) is 0 Å². The van der Waals surface area contributed by atoms with Crippen LogP contribution in [-0.4, -0.2) is 23.0 Å². The molecular formula is C24H18BrNO3. The van der Waals surface area contributed by atoms with Crippen LogP contribution in [-0.2, 0) is 11.2 Å². The summed E-state index contributed by atoms with van der Waals surface area (Å²) >= 11 is 3.34. The van der Waals surface area contributed by atoms with E-state index in [4.69, 9.17) is 0 Å². The Morgan fingerprint density at radius 1 is 0.862 bits per heavy atom. The SMILES string of the molecule is O=C(N[C@H](Cc1c2ccccc2cc2ccccc12)C(=O)O)c1cccc(Br)c1. The smallest absolute Gasteiger partial charge is 0.326 e. The molecule has 0 unspecified atom stereocenters. The van der Waals surface area contributed by atoms with Crippen molar-refractivity contribution in [2.45, 2.75) is 12.5 Å². The molecule has 144 valence electrons. The minimum Gasteiger partial charge on any atom is -0.480 e. The molecule has 0 fully saturated rings. The molecule has 0 saturated heterocycles. The van der Waals surface area contributed by atoms with Crippen LogP contribution < -0.4 is 5.32 Å². The van der Waals surface area contributed by atoms with Gasteiger partial charge >= 0.3 is 5.97 Å². The Morgan fingerprint density at radius 2 is 1.48 bits per heavy atom. The van der Waals surface area contributed by atoms with Gasteiger partial charge in [-0.05, 0) is 51.4 Å². The lowest BCUT2D eigenvalue weighted by atomic mass is 9.92. The minimum absolute atomic E-state index is 0.191. The molecule has 0 saturated carbocycles. The highest BCUT2D eigenvalue weighted by Crippen LogP contribution is 2.29. The molecule has 4 nitrogen and oxygen atoms in total. The number of aliphatic carboxylic acids is 1. The highest BCUT2D eigenvalue weighted by molar-refractivity contribution is 9.10. The Morgan fingerprint density at radius 3 is 2.07 bits per heavy atom. The first kappa shape index (κ1) is 19.2. The van der Waals surface area contributed by atoms with Gasteiger partial charge in [-0.25, -0.2) is 4.79 Å². The second-order valence-corrected chi connectivity index (χ2v) is 7.79. The highest BCUT2D eigenvalue weighted by Gasteiger charge is 2.23. The summed E-state index contributed by atoms with van der Waals surface area (Å²) in [6.07, 6.45) is 0.191. The van der Waals surface area contributed by atoms with Crippen LogP contribution in [0.3, 0.4) is 0 Å². The van der Waals surface area contributed by atoms with Crippen LogP contribution >= 0.6 is 15.9 Å². The molecule has 0 aromatic heterocycles. The minimum atomic E-state index is -1.06. The number of benzene rings is 4. The van der Waals surface area contributed by atoms with Gasteiger partial charge in [0.05, 0.1) is 0 Å². The molecule has 0 aliphatic carbocycles. The predicted molar refractivity (Wildman–Crippen MR) is 118 cm³/mol. The summed E-state index contributed by atoms with van der Waals surface area (Å²) in [5, 5.41) is 16.6. The summed E-state index contributed by atoms with van der Waals surface area (Å²) in [6.45, 7) is 0. The van der Waals surface area contributed by atoms with Gasteiger partial charge in [0.1, 0.15) is 6.04 Å². The molecule has 0 heterocycles. The van der Waals surface area contributed by atoms with Crippen LogP contribution in [0.5, 0.6) is 0 Å². The Hall–Kier alpha value is -3.18. The Kier molecular flexibility index (Phi) is 5.32. The Labute approximate surface area is 176 Å². The maximum Gasteiger partial charge on any atom is 0.326 e. The van der Waals surface area contributed by atoms with E-state index >= 15 is 0 Å². The number of carbonyl (C=O) groups excluding carboxylic acids is 1.